The molecule has 0 saturated heterocycles. The molecule has 0 unspecified atom stereocenters. The van der Waals surface area contributed by atoms with Crippen LogP contribution in [0.25, 0.3) is 0 Å². The fourth-order valence-corrected chi connectivity index (χ4v) is 3.05. The summed E-state index contributed by atoms with van der Waals surface area (Å²) in [5.41, 5.74) is 0. The molecule has 1 aromatic heterocycles. The van der Waals surface area contributed by atoms with E-state index in [9.17, 15) is 4.79 Å². The average Bonchev–Trinajstić information content (AvgIpc) is 2.90. The lowest BCUT2D eigenvalue weighted by molar-refractivity contribution is -0.118. The smallest absolute Gasteiger partial charge is 0.230 e. The molecule has 0 fully saturated rings. The summed E-state index contributed by atoms with van der Waals surface area (Å²) in [5, 5.41) is 14.7. The van der Waals surface area contributed by atoms with Crippen LogP contribution in [0.15, 0.2) is 17.0 Å². The Labute approximate surface area is 128 Å². The highest BCUT2D eigenvalue weighted by Gasteiger charge is 2.07. The van der Waals surface area contributed by atoms with Gasteiger partial charge in [-0.2, -0.15) is 0 Å². The molecular weight excluding hydrogens is 292 g/mol. The monoisotopic (exact) mass is 314 g/mol. The molecule has 20 heavy (non-hydrogen) atoms. The van der Waals surface area contributed by atoms with Crippen molar-refractivity contribution in [1.82, 2.24) is 15.5 Å². The molecule has 112 valence electrons. The van der Waals surface area contributed by atoms with Gasteiger partial charge in [-0.25, -0.2) is 0 Å². The number of amides is 1. The van der Waals surface area contributed by atoms with Crippen molar-refractivity contribution < 1.29 is 4.79 Å². The standard InChI is InChI=1S/C13H22N4OS2/c1-3-5-6-7-9-14-11(18)10-19-13-17-16-12(20-13)15-8-4-2/h4H,2-3,5-10H2,1H3,(H,14,18)(H,15,16). The first-order valence-electron chi connectivity index (χ1n) is 6.84. The Morgan fingerprint density at radius 1 is 1.40 bits per heavy atom. The first-order valence-corrected chi connectivity index (χ1v) is 8.64. The lowest BCUT2D eigenvalue weighted by atomic mass is 10.2. The zero-order valence-corrected chi connectivity index (χ0v) is 13.5. The van der Waals surface area contributed by atoms with Crippen molar-refractivity contribution >= 4 is 34.1 Å². The first-order chi connectivity index (χ1) is 9.76. The average molecular weight is 314 g/mol. The fraction of sp³-hybridized carbons (Fsp3) is 0.615. The molecule has 0 aliphatic carbocycles. The Balaban J connectivity index is 2.13. The fourth-order valence-electron chi connectivity index (χ4n) is 1.46. The van der Waals surface area contributed by atoms with E-state index in [0.717, 1.165) is 22.4 Å². The second-order valence-electron chi connectivity index (χ2n) is 4.24. The van der Waals surface area contributed by atoms with Gasteiger partial charge in [0.25, 0.3) is 0 Å². The second kappa shape index (κ2) is 10.7. The van der Waals surface area contributed by atoms with E-state index in [-0.39, 0.29) is 5.91 Å². The number of nitrogens with one attached hydrogen (secondary N) is 2. The van der Waals surface area contributed by atoms with Gasteiger partial charge < -0.3 is 10.6 Å². The van der Waals surface area contributed by atoms with Crippen molar-refractivity contribution in [3.63, 3.8) is 0 Å². The number of carbonyl (C=O) groups is 1. The maximum atomic E-state index is 11.6. The number of thioether (sulfide) groups is 1. The van der Waals surface area contributed by atoms with Crippen LogP contribution in [0, 0.1) is 0 Å². The first kappa shape index (κ1) is 17.0. The largest absolute Gasteiger partial charge is 0.357 e. The van der Waals surface area contributed by atoms with E-state index in [0.29, 0.717) is 12.3 Å². The molecule has 5 nitrogen and oxygen atoms in total. The molecule has 1 amide bonds. The zero-order valence-electron chi connectivity index (χ0n) is 11.9. The minimum absolute atomic E-state index is 0.0577. The number of hydrogen-bond donors (Lipinski definition) is 2. The number of unbranched alkanes of at least 4 members (excludes halogenated alkanes) is 3. The van der Waals surface area contributed by atoms with Gasteiger partial charge in [-0.1, -0.05) is 55.4 Å². The Kier molecular flexibility index (Phi) is 9.06. The van der Waals surface area contributed by atoms with Crippen LogP contribution >= 0.6 is 23.1 Å². The van der Waals surface area contributed by atoms with E-state index >= 15 is 0 Å². The van der Waals surface area contributed by atoms with E-state index in [1.165, 1.54) is 42.4 Å². The number of nitrogens with zero attached hydrogens (tertiary/aromatic N) is 2. The van der Waals surface area contributed by atoms with Crippen molar-refractivity contribution in [2.75, 3.05) is 24.2 Å². The molecule has 7 heteroatoms. The van der Waals surface area contributed by atoms with Crippen LogP contribution in [-0.2, 0) is 4.79 Å². The highest BCUT2D eigenvalue weighted by Crippen LogP contribution is 2.24. The summed E-state index contributed by atoms with van der Waals surface area (Å²) in [7, 11) is 0. The molecule has 1 heterocycles. The highest BCUT2D eigenvalue weighted by atomic mass is 32.2. The molecule has 0 aromatic carbocycles. The van der Waals surface area contributed by atoms with E-state index in [1.54, 1.807) is 6.08 Å². The van der Waals surface area contributed by atoms with E-state index in [4.69, 9.17) is 0 Å². The van der Waals surface area contributed by atoms with Gasteiger partial charge in [-0.3, -0.25) is 4.79 Å². The predicted octanol–water partition coefficient (Wildman–Crippen LogP) is 2.92. The van der Waals surface area contributed by atoms with Gasteiger partial charge in [0, 0.05) is 13.1 Å². The van der Waals surface area contributed by atoms with E-state index in [1.807, 2.05) is 0 Å². The Bertz CT molecular complexity index is 409. The maximum Gasteiger partial charge on any atom is 0.230 e. The number of aromatic nitrogens is 2. The molecule has 0 aliphatic rings. The van der Waals surface area contributed by atoms with Gasteiger partial charge in [0.1, 0.15) is 0 Å². The third kappa shape index (κ3) is 7.49. The number of carbonyl (C=O) groups excluding carboxylic acids is 1. The molecule has 1 aromatic rings. The molecule has 0 bridgehead atoms. The van der Waals surface area contributed by atoms with Crippen LogP contribution in [0.5, 0.6) is 0 Å². The molecule has 1 rings (SSSR count). The van der Waals surface area contributed by atoms with Crippen molar-refractivity contribution in [3.8, 4) is 0 Å². The van der Waals surface area contributed by atoms with Crippen molar-refractivity contribution in [2.45, 2.75) is 36.9 Å². The SMILES string of the molecule is C=CCNc1nnc(SCC(=O)NCCCCCC)s1. The number of rotatable bonds is 11. The number of anilines is 1. The Morgan fingerprint density at radius 2 is 2.25 bits per heavy atom. The van der Waals surface area contributed by atoms with Gasteiger partial charge in [0.05, 0.1) is 5.75 Å². The summed E-state index contributed by atoms with van der Waals surface area (Å²) in [6, 6.07) is 0. The zero-order chi connectivity index (χ0) is 14.6. The van der Waals surface area contributed by atoms with Gasteiger partial charge in [-0.05, 0) is 6.42 Å². The lowest BCUT2D eigenvalue weighted by Crippen LogP contribution is -2.26. The Morgan fingerprint density at radius 3 is 3.00 bits per heavy atom. The van der Waals surface area contributed by atoms with Crippen LogP contribution in [0.2, 0.25) is 0 Å². The molecule has 2 N–H and O–H groups in total. The summed E-state index contributed by atoms with van der Waals surface area (Å²) >= 11 is 2.87. The third-order valence-corrected chi connectivity index (χ3v) is 4.50. The molecule has 0 aliphatic heterocycles. The van der Waals surface area contributed by atoms with Crippen LogP contribution in [-0.4, -0.2) is 34.9 Å². The molecule has 0 spiro atoms. The van der Waals surface area contributed by atoms with Crippen LogP contribution in [0.3, 0.4) is 0 Å². The maximum absolute atomic E-state index is 11.6. The number of hydrogen-bond acceptors (Lipinski definition) is 6. The van der Waals surface area contributed by atoms with E-state index < -0.39 is 0 Å². The normalized spacial score (nSPS) is 10.2. The van der Waals surface area contributed by atoms with Crippen molar-refractivity contribution in [2.24, 2.45) is 0 Å². The molecule has 0 saturated carbocycles. The summed E-state index contributed by atoms with van der Waals surface area (Å²) in [5.74, 6) is 0.450. The second-order valence-corrected chi connectivity index (χ2v) is 6.44. The lowest BCUT2D eigenvalue weighted by Gasteiger charge is -2.03. The minimum atomic E-state index is 0.0577. The minimum Gasteiger partial charge on any atom is -0.357 e. The van der Waals surface area contributed by atoms with Gasteiger partial charge in [-0.15, -0.1) is 16.8 Å². The topological polar surface area (TPSA) is 66.9 Å². The van der Waals surface area contributed by atoms with Crippen molar-refractivity contribution in [3.05, 3.63) is 12.7 Å². The predicted molar refractivity (Wildman–Crippen MR) is 86.5 cm³/mol. The summed E-state index contributed by atoms with van der Waals surface area (Å²) in [6.45, 7) is 7.23. The molecule has 0 radical (unpaired) electrons. The Hall–Kier alpha value is -1.08. The van der Waals surface area contributed by atoms with Crippen molar-refractivity contribution in [1.29, 1.82) is 0 Å². The van der Waals surface area contributed by atoms with E-state index in [2.05, 4.69) is 34.3 Å². The van der Waals surface area contributed by atoms with Gasteiger partial charge in [0.2, 0.25) is 11.0 Å². The highest BCUT2D eigenvalue weighted by molar-refractivity contribution is 8.01. The quantitative estimate of drug-likeness (QED) is 0.373. The summed E-state index contributed by atoms with van der Waals surface area (Å²) < 4.78 is 0.803. The van der Waals surface area contributed by atoms with Crippen LogP contribution in [0.4, 0.5) is 5.13 Å². The van der Waals surface area contributed by atoms with Crippen LogP contribution in [0.1, 0.15) is 32.6 Å². The van der Waals surface area contributed by atoms with Gasteiger partial charge >= 0.3 is 0 Å². The third-order valence-electron chi connectivity index (χ3n) is 2.48. The molecule has 0 atom stereocenters. The summed E-state index contributed by atoms with van der Waals surface area (Å²) in [6.07, 6.45) is 6.44. The summed E-state index contributed by atoms with van der Waals surface area (Å²) in [4.78, 5) is 11.6. The van der Waals surface area contributed by atoms with Crippen LogP contribution < -0.4 is 10.6 Å². The molecular formula is C13H22N4OS2. The van der Waals surface area contributed by atoms with Gasteiger partial charge in [0.15, 0.2) is 4.34 Å².